The molecule has 0 saturated carbocycles. The highest BCUT2D eigenvalue weighted by atomic mass is 32.1. The highest BCUT2D eigenvalue weighted by Gasteiger charge is 2.21. The van der Waals surface area contributed by atoms with E-state index in [9.17, 15) is 9.18 Å². The van der Waals surface area contributed by atoms with E-state index in [1.165, 1.54) is 46.7 Å². The summed E-state index contributed by atoms with van der Waals surface area (Å²) < 4.78 is 23.9. The minimum Gasteiger partial charge on any atom is -0.493 e. The van der Waals surface area contributed by atoms with Gasteiger partial charge in [-0.3, -0.25) is 14.6 Å². The van der Waals surface area contributed by atoms with Gasteiger partial charge in [0.05, 0.1) is 20.8 Å². The number of carbonyl (C=O) groups is 1. The van der Waals surface area contributed by atoms with Crippen molar-refractivity contribution in [3.8, 4) is 11.5 Å². The maximum Gasteiger partial charge on any atom is 0.286 e. The first-order valence-electron chi connectivity index (χ1n) is 11.0. The van der Waals surface area contributed by atoms with Crippen LogP contribution in [0.15, 0.2) is 36.4 Å². The van der Waals surface area contributed by atoms with Crippen molar-refractivity contribution in [2.75, 3.05) is 45.7 Å². The van der Waals surface area contributed by atoms with E-state index in [0.717, 1.165) is 49.2 Å². The summed E-state index contributed by atoms with van der Waals surface area (Å²) >= 11 is 1.28. The van der Waals surface area contributed by atoms with Gasteiger partial charge in [-0.15, -0.1) is 10.2 Å². The summed E-state index contributed by atoms with van der Waals surface area (Å²) in [5.41, 5.74) is 2.93. The molecule has 1 N–H and O–H groups in total. The standard InChI is InChI=1S/C24H28FN5O3S/c1-16-12-20(32-2)21(33-3)13-17(16)14-29-8-10-30(11-9-29)15-22-27-28-24(34-22)23(31)26-19-6-4-18(25)5-7-19/h4-7,12-13H,8-11,14-15H2,1-3H3,(H,26,31). The summed E-state index contributed by atoms with van der Waals surface area (Å²) in [4.78, 5) is 17.1. The summed E-state index contributed by atoms with van der Waals surface area (Å²) in [6.45, 7) is 7.28. The van der Waals surface area contributed by atoms with Crippen molar-refractivity contribution < 1.29 is 18.7 Å². The van der Waals surface area contributed by atoms with E-state index in [4.69, 9.17) is 9.47 Å². The van der Waals surface area contributed by atoms with Crippen LogP contribution in [0.4, 0.5) is 10.1 Å². The van der Waals surface area contributed by atoms with Crippen LogP contribution in [0.3, 0.4) is 0 Å². The van der Waals surface area contributed by atoms with Gasteiger partial charge in [0.2, 0.25) is 5.01 Å². The monoisotopic (exact) mass is 485 g/mol. The molecule has 0 radical (unpaired) electrons. The number of hydrogen-bond donors (Lipinski definition) is 1. The first-order valence-corrected chi connectivity index (χ1v) is 11.8. The molecule has 0 spiro atoms. The summed E-state index contributed by atoms with van der Waals surface area (Å²) in [7, 11) is 3.30. The Morgan fingerprint density at radius 2 is 1.62 bits per heavy atom. The van der Waals surface area contributed by atoms with Gasteiger partial charge in [0.1, 0.15) is 10.8 Å². The zero-order valence-corrected chi connectivity index (χ0v) is 20.3. The van der Waals surface area contributed by atoms with Crippen LogP contribution in [0.5, 0.6) is 11.5 Å². The normalized spacial score (nSPS) is 14.7. The third-order valence-electron chi connectivity index (χ3n) is 5.82. The molecule has 8 nitrogen and oxygen atoms in total. The molecular formula is C24H28FN5O3S. The molecule has 2 aromatic carbocycles. The predicted molar refractivity (Wildman–Crippen MR) is 129 cm³/mol. The smallest absolute Gasteiger partial charge is 0.286 e. The quantitative estimate of drug-likeness (QED) is 0.523. The van der Waals surface area contributed by atoms with Gasteiger partial charge < -0.3 is 14.8 Å². The Morgan fingerprint density at radius 3 is 2.26 bits per heavy atom. The van der Waals surface area contributed by atoms with Crippen molar-refractivity contribution in [2.24, 2.45) is 0 Å². The fraction of sp³-hybridized carbons (Fsp3) is 0.375. The third-order valence-corrected chi connectivity index (χ3v) is 6.73. The lowest BCUT2D eigenvalue weighted by Crippen LogP contribution is -2.45. The number of halogens is 1. The molecule has 1 amide bonds. The van der Waals surface area contributed by atoms with Crippen LogP contribution in [0, 0.1) is 12.7 Å². The Labute approximate surface area is 202 Å². The molecule has 1 fully saturated rings. The zero-order chi connectivity index (χ0) is 24.1. The van der Waals surface area contributed by atoms with Gasteiger partial charge >= 0.3 is 0 Å². The molecule has 180 valence electrons. The van der Waals surface area contributed by atoms with Crippen LogP contribution in [0.1, 0.15) is 25.9 Å². The number of amides is 1. The van der Waals surface area contributed by atoms with E-state index in [1.54, 1.807) is 14.2 Å². The Kier molecular flexibility index (Phi) is 7.71. The van der Waals surface area contributed by atoms with Gasteiger partial charge in [-0.25, -0.2) is 4.39 Å². The summed E-state index contributed by atoms with van der Waals surface area (Å²) in [6, 6.07) is 9.70. The largest absolute Gasteiger partial charge is 0.493 e. The lowest BCUT2D eigenvalue weighted by Gasteiger charge is -2.34. The number of aryl methyl sites for hydroxylation is 1. The van der Waals surface area contributed by atoms with Gasteiger partial charge in [0, 0.05) is 38.4 Å². The van der Waals surface area contributed by atoms with Crippen LogP contribution >= 0.6 is 11.3 Å². The average molecular weight is 486 g/mol. The first kappa shape index (κ1) is 24.1. The van der Waals surface area contributed by atoms with Gasteiger partial charge in [-0.05, 0) is 54.4 Å². The van der Waals surface area contributed by atoms with Crippen molar-refractivity contribution >= 4 is 22.9 Å². The Bertz CT molecular complexity index is 1130. The van der Waals surface area contributed by atoms with Crippen LogP contribution in [0.25, 0.3) is 0 Å². The fourth-order valence-corrected chi connectivity index (χ4v) is 4.64. The summed E-state index contributed by atoms with van der Waals surface area (Å²) in [5, 5.41) is 12.0. The van der Waals surface area contributed by atoms with Crippen LogP contribution in [-0.4, -0.2) is 66.3 Å². The van der Waals surface area contributed by atoms with E-state index in [1.807, 2.05) is 6.07 Å². The first-order chi connectivity index (χ1) is 16.4. The number of methoxy groups -OCH3 is 2. The van der Waals surface area contributed by atoms with Crippen molar-refractivity contribution in [3.05, 3.63) is 63.4 Å². The van der Waals surface area contributed by atoms with Crippen molar-refractivity contribution in [2.45, 2.75) is 20.0 Å². The average Bonchev–Trinajstić information content (AvgIpc) is 3.31. The molecule has 1 aliphatic rings. The van der Waals surface area contributed by atoms with Crippen molar-refractivity contribution in [1.29, 1.82) is 0 Å². The lowest BCUT2D eigenvalue weighted by molar-refractivity contribution is 0.102. The van der Waals surface area contributed by atoms with Gasteiger partial charge in [-0.2, -0.15) is 0 Å². The number of rotatable bonds is 8. The van der Waals surface area contributed by atoms with Crippen molar-refractivity contribution in [3.63, 3.8) is 0 Å². The molecule has 0 bridgehead atoms. The molecule has 0 aliphatic carbocycles. The maximum absolute atomic E-state index is 13.0. The molecule has 4 rings (SSSR count). The SMILES string of the molecule is COc1cc(C)c(CN2CCN(Cc3nnc(C(=O)Nc4ccc(F)cc4)s3)CC2)cc1OC. The molecule has 1 saturated heterocycles. The minimum atomic E-state index is -0.352. The van der Waals surface area contributed by atoms with Crippen LogP contribution in [0.2, 0.25) is 0 Å². The van der Waals surface area contributed by atoms with E-state index in [0.29, 0.717) is 17.2 Å². The van der Waals surface area contributed by atoms with Crippen LogP contribution in [-0.2, 0) is 13.1 Å². The number of nitrogens with zero attached hydrogens (tertiary/aromatic N) is 4. The second kappa shape index (κ2) is 10.9. The number of carbonyl (C=O) groups excluding carboxylic acids is 1. The summed E-state index contributed by atoms with van der Waals surface area (Å²) in [5.74, 6) is 0.800. The number of piperazine rings is 1. The number of nitrogens with one attached hydrogen (secondary N) is 1. The molecule has 0 atom stereocenters. The third kappa shape index (κ3) is 5.88. The highest BCUT2D eigenvalue weighted by Crippen LogP contribution is 2.31. The maximum atomic E-state index is 13.0. The Hall–Kier alpha value is -3.08. The van der Waals surface area contributed by atoms with E-state index in [-0.39, 0.29) is 11.7 Å². The van der Waals surface area contributed by atoms with E-state index >= 15 is 0 Å². The van der Waals surface area contributed by atoms with E-state index < -0.39 is 0 Å². The Balaban J connectivity index is 1.28. The van der Waals surface area contributed by atoms with Crippen molar-refractivity contribution in [1.82, 2.24) is 20.0 Å². The van der Waals surface area contributed by atoms with Gasteiger partial charge in [-0.1, -0.05) is 11.3 Å². The number of aromatic nitrogens is 2. The molecule has 1 aliphatic heterocycles. The van der Waals surface area contributed by atoms with E-state index in [2.05, 4.69) is 38.3 Å². The lowest BCUT2D eigenvalue weighted by atomic mass is 10.1. The molecule has 34 heavy (non-hydrogen) atoms. The topological polar surface area (TPSA) is 79.8 Å². The fourth-order valence-electron chi connectivity index (χ4n) is 3.86. The molecule has 10 heteroatoms. The predicted octanol–water partition coefficient (Wildman–Crippen LogP) is 3.57. The molecule has 3 aromatic rings. The summed E-state index contributed by atoms with van der Waals surface area (Å²) in [6.07, 6.45) is 0. The zero-order valence-electron chi connectivity index (χ0n) is 19.5. The minimum absolute atomic E-state index is 0.293. The second-order valence-electron chi connectivity index (χ2n) is 8.15. The second-order valence-corrected chi connectivity index (χ2v) is 9.21. The number of ether oxygens (including phenoxy) is 2. The molecule has 0 unspecified atom stereocenters. The molecular weight excluding hydrogens is 457 g/mol. The number of hydrogen-bond acceptors (Lipinski definition) is 8. The molecule has 2 heterocycles. The Morgan fingerprint density at radius 1 is 1.00 bits per heavy atom. The van der Waals surface area contributed by atoms with Gasteiger partial charge in [0.25, 0.3) is 5.91 Å². The highest BCUT2D eigenvalue weighted by molar-refractivity contribution is 7.13. The number of benzene rings is 2. The molecule has 1 aromatic heterocycles. The van der Waals surface area contributed by atoms with Gasteiger partial charge in [0.15, 0.2) is 11.5 Å². The number of anilines is 1. The van der Waals surface area contributed by atoms with Crippen LogP contribution < -0.4 is 14.8 Å².